The van der Waals surface area contributed by atoms with Crippen LogP contribution in [0.3, 0.4) is 0 Å². The third-order valence-electron chi connectivity index (χ3n) is 5.28. The van der Waals surface area contributed by atoms with E-state index in [0.717, 1.165) is 37.3 Å². The number of H-pyrrole nitrogens is 1. The summed E-state index contributed by atoms with van der Waals surface area (Å²) >= 11 is 0. The van der Waals surface area contributed by atoms with Crippen LogP contribution in [0, 0.1) is 13.8 Å². The van der Waals surface area contributed by atoms with E-state index >= 15 is 0 Å². The fraction of sp³-hybridized carbons (Fsp3) is 0.500. The summed E-state index contributed by atoms with van der Waals surface area (Å²) in [4.78, 5) is 14.7. The topological polar surface area (TPSA) is 49.0 Å². The molecule has 1 aromatic carbocycles. The summed E-state index contributed by atoms with van der Waals surface area (Å²) in [6.45, 7) is 7.90. The van der Waals surface area contributed by atoms with Crippen LogP contribution in [-0.4, -0.2) is 34.1 Å². The molecule has 2 aromatic rings. The number of likely N-dealkylation sites (tertiary alicyclic amines) is 1. The Hall–Kier alpha value is -2.10. The van der Waals surface area contributed by atoms with E-state index in [1.165, 1.54) is 11.1 Å². The minimum atomic E-state index is 0.211. The van der Waals surface area contributed by atoms with Gasteiger partial charge in [0.1, 0.15) is 0 Å². The highest BCUT2D eigenvalue weighted by Crippen LogP contribution is 2.30. The highest BCUT2D eigenvalue weighted by molar-refractivity contribution is 5.77. The van der Waals surface area contributed by atoms with Gasteiger partial charge in [0.05, 0.1) is 5.69 Å². The van der Waals surface area contributed by atoms with E-state index in [-0.39, 0.29) is 11.8 Å². The smallest absolute Gasteiger partial charge is 0.223 e. The zero-order valence-electron chi connectivity index (χ0n) is 14.9. The molecule has 1 atom stereocenters. The Morgan fingerprint density at radius 3 is 2.50 bits per heavy atom. The predicted octanol–water partition coefficient (Wildman–Crippen LogP) is 3.93. The maximum atomic E-state index is 12.7. The number of aryl methyl sites for hydroxylation is 2. The van der Waals surface area contributed by atoms with Crippen molar-refractivity contribution in [2.24, 2.45) is 0 Å². The van der Waals surface area contributed by atoms with E-state index in [2.05, 4.69) is 47.5 Å². The van der Waals surface area contributed by atoms with Gasteiger partial charge in [0.15, 0.2) is 0 Å². The first-order valence-electron chi connectivity index (χ1n) is 8.90. The third-order valence-corrected chi connectivity index (χ3v) is 5.28. The van der Waals surface area contributed by atoms with Crippen LogP contribution in [0.1, 0.15) is 60.5 Å². The lowest BCUT2D eigenvalue weighted by atomic mass is 9.89. The molecule has 0 bridgehead atoms. The molecule has 4 nitrogen and oxygen atoms in total. The van der Waals surface area contributed by atoms with Crippen LogP contribution in [-0.2, 0) is 4.79 Å². The molecule has 0 spiro atoms. The lowest BCUT2D eigenvalue weighted by Crippen LogP contribution is -2.38. The molecule has 0 saturated carbocycles. The van der Waals surface area contributed by atoms with E-state index in [0.29, 0.717) is 12.3 Å². The van der Waals surface area contributed by atoms with Gasteiger partial charge in [-0.2, -0.15) is 5.10 Å². The third kappa shape index (κ3) is 3.53. The molecule has 128 valence electrons. The molecule has 4 heteroatoms. The van der Waals surface area contributed by atoms with Gasteiger partial charge in [0, 0.05) is 25.2 Å². The Morgan fingerprint density at radius 1 is 1.25 bits per heavy atom. The van der Waals surface area contributed by atoms with E-state index in [1.54, 1.807) is 0 Å². The summed E-state index contributed by atoms with van der Waals surface area (Å²) in [6, 6.07) is 10.7. The number of hydrogen-bond donors (Lipinski definition) is 1. The molecule has 1 N–H and O–H groups in total. The number of nitrogens with zero attached hydrogens (tertiary/aromatic N) is 2. The van der Waals surface area contributed by atoms with Gasteiger partial charge in [-0.3, -0.25) is 9.89 Å². The maximum Gasteiger partial charge on any atom is 0.223 e. The number of aromatic nitrogens is 2. The van der Waals surface area contributed by atoms with E-state index < -0.39 is 0 Å². The zero-order chi connectivity index (χ0) is 17.1. The van der Waals surface area contributed by atoms with Crippen LogP contribution in [0.5, 0.6) is 0 Å². The summed E-state index contributed by atoms with van der Waals surface area (Å²) < 4.78 is 0. The minimum absolute atomic E-state index is 0.211. The number of piperidine rings is 1. The largest absolute Gasteiger partial charge is 0.343 e. The molecule has 24 heavy (non-hydrogen) atoms. The van der Waals surface area contributed by atoms with Crippen molar-refractivity contribution in [3.63, 3.8) is 0 Å². The van der Waals surface area contributed by atoms with Crippen LogP contribution in [0.2, 0.25) is 0 Å². The number of aromatic amines is 1. The van der Waals surface area contributed by atoms with Crippen molar-refractivity contribution in [3.8, 4) is 0 Å². The second-order valence-electron chi connectivity index (χ2n) is 7.02. The second-order valence-corrected chi connectivity index (χ2v) is 7.02. The van der Waals surface area contributed by atoms with Crippen LogP contribution in [0.4, 0.5) is 0 Å². The van der Waals surface area contributed by atoms with Gasteiger partial charge in [-0.1, -0.05) is 37.3 Å². The van der Waals surface area contributed by atoms with Crippen LogP contribution >= 0.6 is 0 Å². The van der Waals surface area contributed by atoms with Crippen LogP contribution in [0.15, 0.2) is 30.3 Å². The van der Waals surface area contributed by atoms with Gasteiger partial charge in [-0.15, -0.1) is 0 Å². The molecule has 1 aliphatic heterocycles. The Balaban J connectivity index is 1.56. The lowest BCUT2D eigenvalue weighted by Gasteiger charge is -2.33. The maximum absolute atomic E-state index is 12.7. The second kappa shape index (κ2) is 7.20. The number of rotatable bonds is 4. The normalized spacial score (nSPS) is 17.0. The van der Waals surface area contributed by atoms with Crippen molar-refractivity contribution in [2.45, 2.75) is 51.9 Å². The molecule has 2 heterocycles. The monoisotopic (exact) mass is 325 g/mol. The number of benzene rings is 1. The summed E-state index contributed by atoms with van der Waals surface area (Å²) in [5.74, 6) is 1.07. The molecule has 1 aromatic heterocycles. The fourth-order valence-electron chi connectivity index (χ4n) is 3.97. The SMILES string of the molecule is Cc1n[nH]c(C)c1C(C)CC(=O)N1CCC(c2ccccc2)CC1. The molecule has 1 aliphatic rings. The number of hydrogen-bond acceptors (Lipinski definition) is 2. The molecule has 1 fully saturated rings. The van der Waals surface area contributed by atoms with Gasteiger partial charge >= 0.3 is 0 Å². The zero-order valence-corrected chi connectivity index (χ0v) is 14.9. The number of amides is 1. The number of nitrogens with one attached hydrogen (secondary N) is 1. The molecule has 0 radical (unpaired) electrons. The van der Waals surface area contributed by atoms with Crippen molar-refractivity contribution in [1.82, 2.24) is 15.1 Å². The predicted molar refractivity (Wildman–Crippen MR) is 96.1 cm³/mol. The molecule has 1 amide bonds. The molecular formula is C20H27N3O. The highest BCUT2D eigenvalue weighted by Gasteiger charge is 2.26. The first-order valence-corrected chi connectivity index (χ1v) is 8.90. The number of carbonyl (C=O) groups is 1. The lowest BCUT2D eigenvalue weighted by molar-refractivity contribution is -0.132. The van der Waals surface area contributed by atoms with E-state index in [9.17, 15) is 4.79 Å². The van der Waals surface area contributed by atoms with E-state index in [1.807, 2.05) is 18.7 Å². The van der Waals surface area contributed by atoms with Crippen molar-refractivity contribution in [3.05, 3.63) is 52.8 Å². The first kappa shape index (κ1) is 16.7. The minimum Gasteiger partial charge on any atom is -0.343 e. The Labute approximate surface area is 144 Å². The van der Waals surface area contributed by atoms with Crippen molar-refractivity contribution < 1.29 is 4.79 Å². The van der Waals surface area contributed by atoms with Gasteiger partial charge < -0.3 is 4.90 Å². The van der Waals surface area contributed by atoms with Crippen LogP contribution < -0.4 is 0 Å². The Kier molecular flexibility index (Phi) is 5.03. The molecular weight excluding hydrogens is 298 g/mol. The van der Waals surface area contributed by atoms with Crippen molar-refractivity contribution in [2.75, 3.05) is 13.1 Å². The van der Waals surface area contributed by atoms with Gasteiger partial charge in [0.25, 0.3) is 0 Å². The Bertz CT molecular complexity index is 665. The molecule has 0 aliphatic carbocycles. The molecule has 3 rings (SSSR count). The Morgan fingerprint density at radius 2 is 1.92 bits per heavy atom. The van der Waals surface area contributed by atoms with Crippen LogP contribution in [0.25, 0.3) is 0 Å². The van der Waals surface area contributed by atoms with E-state index in [4.69, 9.17) is 0 Å². The average Bonchev–Trinajstić information content (AvgIpc) is 2.94. The fourth-order valence-corrected chi connectivity index (χ4v) is 3.97. The van der Waals surface area contributed by atoms with Crippen molar-refractivity contribution >= 4 is 5.91 Å². The molecule has 1 unspecified atom stereocenters. The average molecular weight is 325 g/mol. The van der Waals surface area contributed by atoms with Crippen molar-refractivity contribution in [1.29, 1.82) is 0 Å². The standard InChI is InChI=1S/C20H27N3O/c1-14(20-15(2)21-22-16(20)3)13-19(24)23-11-9-18(10-12-23)17-7-5-4-6-8-17/h4-8,14,18H,9-13H2,1-3H3,(H,21,22). The highest BCUT2D eigenvalue weighted by atomic mass is 16.2. The van der Waals surface area contributed by atoms with Gasteiger partial charge in [0.2, 0.25) is 5.91 Å². The summed E-state index contributed by atoms with van der Waals surface area (Å²) in [7, 11) is 0. The summed E-state index contributed by atoms with van der Waals surface area (Å²) in [6.07, 6.45) is 2.69. The quantitative estimate of drug-likeness (QED) is 0.926. The first-order chi connectivity index (χ1) is 11.6. The van der Waals surface area contributed by atoms with Gasteiger partial charge in [-0.25, -0.2) is 0 Å². The number of carbonyl (C=O) groups excluding carboxylic acids is 1. The summed E-state index contributed by atoms with van der Waals surface area (Å²) in [5.41, 5.74) is 4.69. The molecule has 1 saturated heterocycles. The van der Waals surface area contributed by atoms with Gasteiger partial charge in [-0.05, 0) is 49.7 Å². The summed E-state index contributed by atoms with van der Waals surface area (Å²) in [5, 5.41) is 7.27.